The zero-order chi connectivity index (χ0) is 21.9. The number of carbonyl (C=O) groups is 1. The van der Waals surface area contributed by atoms with Crippen LogP contribution in [0, 0.1) is 12.8 Å². The molecule has 1 aromatic carbocycles. The Balaban J connectivity index is 2.47. The first kappa shape index (κ1) is 25.5. The third-order valence-corrected chi connectivity index (χ3v) is 5.91. The zero-order valence-electron chi connectivity index (χ0n) is 19.5. The van der Waals surface area contributed by atoms with Gasteiger partial charge in [-0.2, -0.15) is 0 Å². The van der Waals surface area contributed by atoms with E-state index in [1.165, 1.54) is 51.4 Å². The molecule has 1 rings (SSSR count). The van der Waals surface area contributed by atoms with E-state index in [1.54, 1.807) is 0 Å². The summed E-state index contributed by atoms with van der Waals surface area (Å²) in [6, 6.07) is 3.94. The van der Waals surface area contributed by atoms with Gasteiger partial charge < -0.3 is 10.2 Å². The normalized spacial score (nSPS) is 12.9. The minimum absolute atomic E-state index is 0.167. The van der Waals surface area contributed by atoms with Gasteiger partial charge in [0.15, 0.2) is 0 Å². The van der Waals surface area contributed by atoms with Crippen LogP contribution in [0.5, 0.6) is 5.75 Å². The smallest absolute Gasteiger partial charge is 0.306 e. The predicted octanol–water partition coefficient (Wildman–Crippen LogP) is 7.55. The van der Waals surface area contributed by atoms with Crippen LogP contribution in [0.4, 0.5) is 0 Å². The Morgan fingerprint density at radius 1 is 0.931 bits per heavy atom. The molecule has 0 aliphatic heterocycles. The Bertz CT molecular complexity index is 613. The second kappa shape index (κ2) is 12.9. The van der Waals surface area contributed by atoms with Crippen molar-refractivity contribution in [3.05, 3.63) is 28.8 Å². The van der Waals surface area contributed by atoms with Crippen LogP contribution < -0.4 is 0 Å². The van der Waals surface area contributed by atoms with Gasteiger partial charge in [-0.05, 0) is 41.9 Å². The molecule has 3 heteroatoms. The van der Waals surface area contributed by atoms with Gasteiger partial charge in [-0.1, -0.05) is 104 Å². The van der Waals surface area contributed by atoms with Gasteiger partial charge in [-0.15, -0.1) is 0 Å². The van der Waals surface area contributed by atoms with Crippen molar-refractivity contribution in [1.82, 2.24) is 0 Å². The molecule has 0 saturated heterocycles. The molecule has 29 heavy (non-hydrogen) atoms. The van der Waals surface area contributed by atoms with Crippen molar-refractivity contribution in [2.45, 2.75) is 117 Å². The zero-order valence-corrected chi connectivity index (χ0v) is 19.5. The quantitative estimate of drug-likeness (QED) is 0.315. The predicted molar refractivity (Wildman–Crippen MR) is 123 cm³/mol. The van der Waals surface area contributed by atoms with Crippen molar-refractivity contribution in [2.24, 2.45) is 5.92 Å². The van der Waals surface area contributed by atoms with E-state index in [0.29, 0.717) is 12.2 Å². The minimum Gasteiger partial charge on any atom is -0.507 e. The van der Waals surface area contributed by atoms with Gasteiger partial charge in [0.1, 0.15) is 5.75 Å². The van der Waals surface area contributed by atoms with E-state index in [9.17, 15) is 15.0 Å². The second-order valence-electron chi connectivity index (χ2n) is 9.77. The average Bonchev–Trinajstić information content (AvgIpc) is 2.63. The van der Waals surface area contributed by atoms with Gasteiger partial charge in [0, 0.05) is 0 Å². The molecular weight excluding hydrogens is 360 g/mol. The number of carboxylic acids is 1. The number of phenolic OH excluding ortho intramolecular Hbond substituents is 1. The summed E-state index contributed by atoms with van der Waals surface area (Å²) in [6.45, 7) is 10.4. The highest BCUT2D eigenvalue weighted by atomic mass is 16.4. The van der Waals surface area contributed by atoms with Gasteiger partial charge in [-0.25, -0.2) is 0 Å². The van der Waals surface area contributed by atoms with Crippen molar-refractivity contribution in [3.8, 4) is 5.75 Å². The van der Waals surface area contributed by atoms with Crippen molar-refractivity contribution < 1.29 is 15.0 Å². The van der Waals surface area contributed by atoms with E-state index < -0.39 is 5.97 Å². The lowest BCUT2D eigenvalue weighted by atomic mass is 9.82. The third kappa shape index (κ3) is 9.69. The van der Waals surface area contributed by atoms with Gasteiger partial charge in [0.25, 0.3) is 0 Å². The molecule has 0 saturated carbocycles. The Labute approximate surface area is 178 Å². The van der Waals surface area contributed by atoms with Gasteiger partial charge in [0.2, 0.25) is 0 Å². The SMILES string of the molecule is CCCCCCCCCCCCC(Cc1cc(C)c(O)c(C(C)(C)C)c1)C(=O)O. The van der Waals surface area contributed by atoms with Crippen LogP contribution in [-0.2, 0) is 16.6 Å². The first-order valence-electron chi connectivity index (χ1n) is 11.7. The number of hydrogen-bond acceptors (Lipinski definition) is 2. The van der Waals surface area contributed by atoms with Crippen LogP contribution in [-0.4, -0.2) is 16.2 Å². The van der Waals surface area contributed by atoms with Crippen LogP contribution >= 0.6 is 0 Å². The fraction of sp³-hybridized carbons (Fsp3) is 0.731. The van der Waals surface area contributed by atoms with E-state index in [2.05, 4.69) is 27.7 Å². The summed E-state index contributed by atoms with van der Waals surface area (Å²) in [5.74, 6) is -0.715. The molecule has 0 radical (unpaired) electrons. The maximum atomic E-state index is 11.8. The van der Waals surface area contributed by atoms with E-state index in [4.69, 9.17) is 0 Å². The van der Waals surface area contributed by atoms with Crippen molar-refractivity contribution in [3.63, 3.8) is 0 Å². The number of phenols is 1. The molecule has 0 fully saturated rings. The van der Waals surface area contributed by atoms with Crippen LogP contribution in [0.15, 0.2) is 12.1 Å². The fourth-order valence-electron chi connectivity index (χ4n) is 4.02. The Morgan fingerprint density at radius 3 is 1.93 bits per heavy atom. The largest absolute Gasteiger partial charge is 0.507 e. The van der Waals surface area contributed by atoms with Crippen LogP contribution in [0.25, 0.3) is 0 Å². The molecule has 2 N–H and O–H groups in total. The number of benzene rings is 1. The van der Waals surface area contributed by atoms with Crippen LogP contribution in [0.3, 0.4) is 0 Å². The van der Waals surface area contributed by atoms with Crippen LogP contribution in [0.1, 0.15) is 115 Å². The molecule has 3 nitrogen and oxygen atoms in total. The lowest BCUT2D eigenvalue weighted by Crippen LogP contribution is -2.18. The molecule has 0 spiro atoms. The first-order chi connectivity index (χ1) is 13.7. The molecule has 0 heterocycles. The average molecular weight is 405 g/mol. The summed E-state index contributed by atoms with van der Waals surface area (Å²) in [5.41, 5.74) is 2.58. The number of aliphatic carboxylic acids is 1. The maximum Gasteiger partial charge on any atom is 0.306 e. The summed E-state index contributed by atoms with van der Waals surface area (Å²) >= 11 is 0. The monoisotopic (exact) mass is 404 g/mol. The topological polar surface area (TPSA) is 57.5 Å². The highest BCUT2D eigenvalue weighted by molar-refractivity contribution is 5.70. The Kier molecular flexibility index (Phi) is 11.4. The van der Waals surface area contributed by atoms with E-state index in [1.807, 2.05) is 19.1 Å². The van der Waals surface area contributed by atoms with Crippen molar-refractivity contribution in [2.75, 3.05) is 0 Å². The second-order valence-corrected chi connectivity index (χ2v) is 9.77. The highest BCUT2D eigenvalue weighted by Crippen LogP contribution is 2.35. The third-order valence-electron chi connectivity index (χ3n) is 5.91. The number of rotatable bonds is 14. The lowest BCUT2D eigenvalue weighted by Gasteiger charge is -2.23. The molecule has 1 atom stereocenters. The number of unbranched alkanes of at least 4 members (excludes halogenated alkanes) is 9. The summed E-state index contributed by atoms with van der Waals surface area (Å²) < 4.78 is 0. The Morgan fingerprint density at radius 2 is 1.45 bits per heavy atom. The number of aryl methyl sites for hydroxylation is 1. The highest BCUT2D eigenvalue weighted by Gasteiger charge is 2.23. The van der Waals surface area contributed by atoms with Gasteiger partial charge in [0.05, 0.1) is 5.92 Å². The molecule has 1 aromatic rings. The first-order valence-corrected chi connectivity index (χ1v) is 11.7. The lowest BCUT2D eigenvalue weighted by molar-refractivity contribution is -0.142. The van der Waals surface area contributed by atoms with Crippen molar-refractivity contribution in [1.29, 1.82) is 0 Å². The molecule has 166 valence electrons. The van der Waals surface area contributed by atoms with Gasteiger partial charge in [-0.3, -0.25) is 4.79 Å². The van der Waals surface area contributed by atoms with Crippen LogP contribution in [0.2, 0.25) is 0 Å². The van der Waals surface area contributed by atoms with E-state index in [0.717, 1.165) is 36.0 Å². The number of carboxylic acid groups (broad SMARTS) is 1. The molecule has 0 aromatic heterocycles. The summed E-state index contributed by atoms with van der Waals surface area (Å²) in [5, 5.41) is 20.1. The Hall–Kier alpha value is -1.51. The molecule has 0 aliphatic rings. The van der Waals surface area contributed by atoms with E-state index >= 15 is 0 Å². The minimum atomic E-state index is -0.705. The molecule has 0 amide bonds. The fourth-order valence-corrected chi connectivity index (χ4v) is 4.02. The molecule has 0 bridgehead atoms. The summed E-state index contributed by atoms with van der Waals surface area (Å²) in [6.07, 6.45) is 13.9. The summed E-state index contributed by atoms with van der Waals surface area (Å²) in [7, 11) is 0. The van der Waals surface area contributed by atoms with Crippen molar-refractivity contribution >= 4 is 5.97 Å². The number of aromatic hydroxyl groups is 1. The van der Waals surface area contributed by atoms with Gasteiger partial charge >= 0.3 is 5.97 Å². The summed E-state index contributed by atoms with van der Waals surface area (Å²) in [4.78, 5) is 11.8. The molecular formula is C26H44O3. The maximum absolute atomic E-state index is 11.8. The molecule has 1 unspecified atom stereocenters. The number of hydrogen-bond donors (Lipinski definition) is 2. The van der Waals surface area contributed by atoms with E-state index in [-0.39, 0.29) is 11.3 Å². The standard InChI is InChI=1S/C26H44O3/c1-6-7-8-9-10-11-12-13-14-15-16-22(25(28)29)18-21-17-20(2)24(27)23(19-21)26(3,4)5/h17,19,22,27H,6-16,18H2,1-5H3,(H,28,29). The molecule has 0 aliphatic carbocycles.